The molecule has 15 heavy (non-hydrogen) atoms. The van der Waals surface area contributed by atoms with E-state index in [1.807, 2.05) is 12.1 Å². The van der Waals surface area contributed by atoms with Crippen molar-refractivity contribution in [3.05, 3.63) is 52.1 Å². The summed E-state index contributed by atoms with van der Waals surface area (Å²) in [6.07, 6.45) is 0. The Labute approximate surface area is 85.9 Å². The topological polar surface area (TPSA) is 63.4 Å². The van der Waals surface area contributed by atoms with Crippen molar-refractivity contribution in [2.24, 2.45) is 0 Å². The van der Waals surface area contributed by atoms with E-state index in [1.165, 1.54) is 0 Å². The Morgan fingerprint density at radius 1 is 1.20 bits per heavy atom. The number of hydrogen-bond donors (Lipinski definition) is 1. The van der Waals surface area contributed by atoms with Crippen LogP contribution in [0.4, 0.5) is 5.69 Å². The molecule has 0 unspecified atom stereocenters. The fourth-order valence-electron chi connectivity index (χ4n) is 1.64. The Morgan fingerprint density at radius 3 is 2.60 bits per heavy atom. The number of nitro groups is 1. The summed E-state index contributed by atoms with van der Waals surface area (Å²) in [5.74, 6) is 0. The van der Waals surface area contributed by atoms with E-state index >= 15 is 0 Å². The van der Waals surface area contributed by atoms with Gasteiger partial charge in [0.2, 0.25) is 0 Å². The predicted molar refractivity (Wildman–Crippen MR) is 56.5 cm³/mol. The van der Waals surface area contributed by atoms with Crippen LogP contribution in [0.3, 0.4) is 0 Å². The molecular formula is C11H9NO3. The van der Waals surface area contributed by atoms with Crippen LogP contribution in [0.2, 0.25) is 0 Å². The van der Waals surface area contributed by atoms with E-state index in [9.17, 15) is 10.1 Å². The normalized spacial score (nSPS) is 10.5. The number of hydrogen-bond acceptors (Lipinski definition) is 3. The second-order valence-electron chi connectivity index (χ2n) is 3.21. The quantitative estimate of drug-likeness (QED) is 0.601. The first-order valence-electron chi connectivity index (χ1n) is 4.50. The molecule has 2 aromatic carbocycles. The second-order valence-corrected chi connectivity index (χ2v) is 3.21. The molecule has 0 fully saturated rings. The third-order valence-electron chi connectivity index (χ3n) is 2.34. The standard InChI is InChI=1S/C11H9NO3/c13-7-9-6-5-8-3-1-2-4-10(8)11(9)12(14)15/h1-6,13H,7H2. The number of nitrogens with zero attached hydrogens (tertiary/aromatic N) is 1. The SMILES string of the molecule is O=[N+]([O-])c1c(CO)ccc2ccccc12. The minimum atomic E-state index is -0.451. The minimum Gasteiger partial charge on any atom is -0.391 e. The van der Waals surface area contributed by atoms with Crippen molar-refractivity contribution in [2.75, 3.05) is 0 Å². The highest BCUT2D eigenvalue weighted by Gasteiger charge is 2.16. The van der Waals surface area contributed by atoms with Crippen LogP contribution in [0.25, 0.3) is 10.8 Å². The van der Waals surface area contributed by atoms with Crippen molar-refractivity contribution >= 4 is 16.5 Å². The summed E-state index contributed by atoms with van der Waals surface area (Å²) in [5.41, 5.74) is 0.342. The van der Waals surface area contributed by atoms with E-state index in [0.29, 0.717) is 10.9 Å². The van der Waals surface area contributed by atoms with Gasteiger partial charge in [-0.15, -0.1) is 0 Å². The van der Waals surface area contributed by atoms with E-state index in [0.717, 1.165) is 5.39 Å². The second kappa shape index (κ2) is 3.67. The third kappa shape index (κ3) is 1.55. The van der Waals surface area contributed by atoms with Crippen LogP contribution in [0.15, 0.2) is 36.4 Å². The van der Waals surface area contributed by atoms with Gasteiger partial charge in [0.05, 0.1) is 22.5 Å². The lowest BCUT2D eigenvalue weighted by atomic mass is 10.0. The molecule has 0 radical (unpaired) electrons. The van der Waals surface area contributed by atoms with Crippen molar-refractivity contribution in [1.82, 2.24) is 0 Å². The summed E-state index contributed by atoms with van der Waals surface area (Å²) in [6, 6.07) is 10.4. The lowest BCUT2D eigenvalue weighted by Gasteiger charge is -2.03. The number of benzene rings is 2. The highest BCUT2D eigenvalue weighted by atomic mass is 16.6. The van der Waals surface area contributed by atoms with Gasteiger partial charge in [-0.3, -0.25) is 10.1 Å². The van der Waals surface area contributed by atoms with Gasteiger partial charge >= 0.3 is 0 Å². The van der Waals surface area contributed by atoms with Gasteiger partial charge in [-0.2, -0.15) is 0 Å². The predicted octanol–water partition coefficient (Wildman–Crippen LogP) is 2.24. The van der Waals surface area contributed by atoms with Gasteiger partial charge in [-0.25, -0.2) is 0 Å². The first kappa shape index (κ1) is 9.61. The Balaban J connectivity index is 2.85. The summed E-state index contributed by atoms with van der Waals surface area (Å²) in [6.45, 7) is -0.318. The van der Waals surface area contributed by atoms with Crippen molar-refractivity contribution in [2.45, 2.75) is 6.61 Å². The molecule has 0 spiro atoms. The van der Waals surface area contributed by atoms with E-state index in [4.69, 9.17) is 5.11 Å². The van der Waals surface area contributed by atoms with Gasteiger partial charge in [0.1, 0.15) is 0 Å². The maximum absolute atomic E-state index is 10.9. The molecule has 76 valence electrons. The third-order valence-corrected chi connectivity index (χ3v) is 2.34. The fourth-order valence-corrected chi connectivity index (χ4v) is 1.64. The van der Waals surface area contributed by atoms with E-state index in [-0.39, 0.29) is 12.3 Å². The zero-order valence-corrected chi connectivity index (χ0v) is 7.88. The molecule has 2 rings (SSSR count). The van der Waals surface area contributed by atoms with Gasteiger partial charge in [-0.1, -0.05) is 24.3 Å². The Bertz CT molecular complexity index is 522. The van der Waals surface area contributed by atoms with E-state index in [1.54, 1.807) is 24.3 Å². The Kier molecular flexibility index (Phi) is 2.35. The van der Waals surface area contributed by atoms with Gasteiger partial charge in [0, 0.05) is 0 Å². The van der Waals surface area contributed by atoms with Crippen molar-refractivity contribution < 1.29 is 10.0 Å². The van der Waals surface area contributed by atoms with E-state index < -0.39 is 4.92 Å². The minimum absolute atomic E-state index is 0.00407. The van der Waals surface area contributed by atoms with Crippen LogP contribution in [0, 0.1) is 10.1 Å². The number of nitro benzene ring substituents is 1. The fraction of sp³-hybridized carbons (Fsp3) is 0.0909. The van der Waals surface area contributed by atoms with Crippen molar-refractivity contribution in [3.63, 3.8) is 0 Å². The monoisotopic (exact) mass is 203 g/mol. The van der Waals surface area contributed by atoms with Crippen molar-refractivity contribution in [1.29, 1.82) is 0 Å². The molecule has 4 heteroatoms. The van der Waals surface area contributed by atoms with Crippen LogP contribution in [0.1, 0.15) is 5.56 Å². The summed E-state index contributed by atoms with van der Waals surface area (Å²) < 4.78 is 0. The largest absolute Gasteiger partial charge is 0.391 e. The molecule has 0 aliphatic rings. The summed E-state index contributed by atoms with van der Waals surface area (Å²) in [7, 11) is 0. The molecular weight excluding hydrogens is 194 g/mol. The summed E-state index contributed by atoms with van der Waals surface area (Å²) in [4.78, 5) is 10.4. The van der Waals surface area contributed by atoms with Crippen LogP contribution < -0.4 is 0 Å². The van der Waals surface area contributed by atoms with Gasteiger partial charge in [0.25, 0.3) is 5.69 Å². The zero-order chi connectivity index (χ0) is 10.8. The maximum Gasteiger partial charge on any atom is 0.282 e. The lowest BCUT2D eigenvalue weighted by Crippen LogP contribution is -1.96. The number of aliphatic hydroxyl groups excluding tert-OH is 1. The number of rotatable bonds is 2. The average Bonchev–Trinajstić information content (AvgIpc) is 2.27. The van der Waals surface area contributed by atoms with Gasteiger partial charge in [-0.05, 0) is 17.5 Å². The molecule has 0 saturated carbocycles. The summed E-state index contributed by atoms with van der Waals surface area (Å²) in [5, 5.41) is 21.3. The first-order chi connectivity index (χ1) is 7.24. The van der Waals surface area contributed by atoms with Gasteiger partial charge < -0.3 is 5.11 Å². The number of fused-ring (bicyclic) bond motifs is 1. The van der Waals surface area contributed by atoms with Gasteiger partial charge in [0.15, 0.2) is 0 Å². The molecule has 1 N–H and O–H groups in total. The molecule has 0 atom stereocenters. The van der Waals surface area contributed by atoms with E-state index in [2.05, 4.69) is 0 Å². The van der Waals surface area contributed by atoms with Crippen LogP contribution in [-0.2, 0) is 6.61 Å². The van der Waals surface area contributed by atoms with Crippen LogP contribution in [0.5, 0.6) is 0 Å². The molecule has 0 saturated heterocycles. The zero-order valence-electron chi connectivity index (χ0n) is 7.88. The molecule has 2 aromatic rings. The molecule has 0 bridgehead atoms. The molecule has 0 heterocycles. The summed E-state index contributed by atoms with van der Waals surface area (Å²) >= 11 is 0. The molecule has 0 aromatic heterocycles. The highest BCUT2D eigenvalue weighted by molar-refractivity contribution is 5.92. The molecule has 0 amide bonds. The lowest BCUT2D eigenvalue weighted by molar-refractivity contribution is -0.384. The highest BCUT2D eigenvalue weighted by Crippen LogP contribution is 2.29. The average molecular weight is 203 g/mol. The van der Waals surface area contributed by atoms with Crippen LogP contribution >= 0.6 is 0 Å². The van der Waals surface area contributed by atoms with Crippen molar-refractivity contribution in [3.8, 4) is 0 Å². The first-order valence-corrected chi connectivity index (χ1v) is 4.50. The smallest absolute Gasteiger partial charge is 0.282 e. The molecule has 4 nitrogen and oxygen atoms in total. The maximum atomic E-state index is 10.9. The van der Waals surface area contributed by atoms with Crippen LogP contribution in [-0.4, -0.2) is 10.0 Å². The Morgan fingerprint density at radius 2 is 1.93 bits per heavy atom. The number of aliphatic hydroxyl groups is 1. The molecule has 0 aliphatic heterocycles. The Hall–Kier alpha value is -1.94. The molecule has 0 aliphatic carbocycles.